The van der Waals surface area contributed by atoms with Gasteiger partial charge in [0.1, 0.15) is 11.6 Å². The summed E-state index contributed by atoms with van der Waals surface area (Å²) in [6.45, 7) is 18.0. The van der Waals surface area contributed by atoms with Crippen molar-refractivity contribution in [3.05, 3.63) is 95.1 Å². The second-order valence-corrected chi connectivity index (χ2v) is 8.14. The van der Waals surface area contributed by atoms with Crippen LogP contribution in [0.1, 0.15) is 72.9 Å². The van der Waals surface area contributed by atoms with E-state index in [4.69, 9.17) is 0 Å². The van der Waals surface area contributed by atoms with Crippen molar-refractivity contribution in [2.45, 2.75) is 74.7 Å². The molecule has 1 atom stereocenters. The van der Waals surface area contributed by atoms with E-state index < -0.39 is 11.7 Å². The molecule has 4 N–H and O–H groups in total. The largest absolute Gasteiger partial charge is 0.503 e. The van der Waals surface area contributed by atoms with Crippen molar-refractivity contribution in [2.75, 3.05) is 7.05 Å². The SMILES string of the molecule is C=C(NC(=O)/C(O)=C(\C)C(C)=O)C(C)Cc1ccccc1.CC.CCC(C)=O.CCc1ccc(F)cc1.CN. The Kier molecular flexibility index (Phi) is 25.3. The van der Waals surface area contributed by atoms with Crippen molar-refractivity contribution in [3.63, 3.8) is 0 Å². The standard InChI is InChI=1S/C17H21NO3.C8H9F.C4H8O.C2H6.CH5N/c1-11(10-15-8-6-5-7-9-15)13(3)18-17(21)16(20)12(2)14(4)19;1-2-7-3-5-8(9)6-4-7;1-3-4(2)5;2*1-2/h5-9,11,20H,3,10H2,1-2,4H3,(H,18,21);3-6H,2H2,1H3;3H2,1-2H3;1-2H3;2H2,1H3/b16-12-;;;;. The van der Waals surface area contributed by atoms with Gasteiger partial charge in [0.15, 0.2) is 11.5 Å². The molecule has 0 heterocycles. The van der Waals surface area contributed by atoms with Gasteiger partial charge in [-0.2, -0.15) is 0 Å². The van der Waals surface area contributed by atoms with Crippen molar-refractivity contribution in [3.8, 4) is 0 Å². The molecule has 2 rings (SSSR count). The normalized spacial score (nSPS) is 10.5. The Hall–Kier alpha value is -3.58. The molecule has 0 aliphatic heterocycles. The highest BCUT2D eigenvalue weighted by atomic mass is 19.1. The summed E-state index contributed by atoms with van der Waals surface area (Å²) >= 11 is 0. The second-order valence-electron chi connectivity index (χ2n) is 8.14. The van der Waals surface area contributed by atoms with Gasteiger partial charge in [0.2, 0.25) is 0 Å². The van der Waals surface area contributed by atoms with E-state index >= 15 is 0 Å². The first kappa shape index (κ1) is 39.9. The molecule has 0 aliphatic carbocycles. The van der Waals surface area contributed by atoms with Crippen molar-refractivity contribution < 1.29 is 23.9 Å². The molecule has 0 radical (unpaired) electrons. The zero-order chi connectivity index (χ0) is 31.0. The van der Waals surface area contributed by atoms with Gasteiger partial charge in [-0.3, -0.25) is 9.59 Å². The lowest BCUT2D eigenvalue weighted by molar-refractivity contribution is -0.120. The molecule has 1 amide bonds. The molecule has 0 saturated carbocycles. The van der Waals surface area contributed by atoms with Gasteiger partial charge in [-0.05, 0) is 69.8 Å². The summed E-state index contributed by atoms with van der Waals surface area (Å²) in [5.41, 5.74) is 7.36. The zero-order valence-corrected chi connectivity index (χ0v) is 25.2. The van der Waals surface area contributed by atoms with Crippen LogP contribution >= 0.6 is 0 Å². The van der Waals surface area contributed by atoms with Crippen molar-refractivity contribution in [1.82, 2.24) is 5.32 Å². The maximum Gasteiger partial charge on any atom is 0.290 e. The highest BCUT2D eigenvalue weighted by Crippen LogP contribution is 2.14. The van der Waals surface area contributed by atoms with Crippen LogP contribution in [0.4, 0.5) is 4.39 Å². The van der Waals surface area contributed by atoms with E-state index in [9.17, 15) is 23.9 Å². The number of benzene rings is 2. The number of carbonyl (C=O) groups is 3. The van der Waals surface area contributed by atoms with Crippen LogP contribution < -0.4 is 11.1 Å². The number of nitrogens with one attached hydrogen (secondary N) is 1. The number of amides is 1. The van der Waals surface area contributed by atoms with Gasteiger partial charge < -0.3 is 21.0 Å². The molecule has 0 spiro atoms. The molecule has 0 aromatic heterocycles. The van der Waals surface area contributed by atoms with Gasteiger partial charge >= 0.3 is 0 Å². The van der Waals surface area contributed by atoms with Crippen LogP contribution in [0.2, 0.25) is 0 Å². The summed E-state index contributed by atoms with van der Waals surface area (Å²) in [4.78, 5) is 32.8. The molecule has 0 aliphatic rings. The summed E-state index contributed by atoms with van der Waals surface area (Å²) in [6, 6.07) is 16.4. The quantitative estimate of drug-likeness (QED) is 0.248. The minimum absolute atomic E-state index is 0.0155. The van der Waals surface area contributed by atoms with Crippen LogP contribution in [0.5, 0.6) is 0 Å². The summed E-state index contributed by atoms with van der Waals surface area (Å²) in [6.07, 6.45) is 2.37. The summed E-state index contributed by atoms with van der Waals surface area (Å²) in [5, 5.41) is 12.2. The van der Waals surface area contributed by atoms with E-state index in [1.54, 1.807) is 19.1 Å². The fourth-order valence-electron chi connectivity index (χ4n) is 2.48. The average molecular weight is 545 g/mol. The molecule has 1 unspecified atom stereocenters. The summed E-state index contributed by atoms with van der Waals surface area (Å²) in [5.74, 6) is -1.49. The fraction of sp³-hybridized carbons (Fsp3) is 0.406. The highest BCUT2D eigenvalue weighted by molar-refractivity contribution is 6.03. The number of aliphatic hydroxyl groups is 1. The van der Waals surface area contributed by atoms with Gasteiger partial charge in [0, 0.05) is 17.7 Å². The molecule has 0 saturated heterocycles. The van der Waals surface area contributed by atoms with E-state index in [0.29, 0.717) is 12.1 Å². The number of carbonyl (C=O) groups excluding carboxylic acids is 3. The van der Waals surface area contributed by atoms with Crippen LogP contribution in [0.15, 0.2) is 78.2 Å². The Morgan fingerprint density at radius 3 is 1.77 bits per heavy atom. The van der Waals surface area contributed by atoms with Crippen LogP contribution in [-0.2, 0) is 27.2 Å². The third-order valence-corrected chi connectivity index (χ3v) is 5.17. The minimum atomic E-state index is -0.701. The summed E-state index contributed by atoms with van der Waals surface area (Å²) in [7, 11) is 1.50. The monoisotopic (exact) mass is 544 g/mol. The van der Waals surface area contributed by atoms with Crippen LogP contribution in [0, 0.1) is 11.7 Å². The number of allylic oxidation sites excluding steroid dienone is 2. The number of rotatable bonds is 8. The van der Waals surface area contributed by atoms with Gasteiger partial charge in [0.05, 0.1) is 0 Å². The smallest absolute Gasteiger partial charge is 0.290 e. The number of ketones is 2. The topological polar surface area (TPSA) is 109 Å². The molecular weight excluding hydrogens is 495 g/mol. The third-order valence-electron chi connectivity index (χ3n) is 5.17. The summed E-state index contributed by atoms with van der Waals surface area (Å²) < 4.78 is 12.2. The van der Waals surface area contributed by atoms with E-state index in [1.165, 1.54) is 38.6 Å². The van der Waals surface area contributed by atoms with Crippen molar-refractivity contribution in [2.24, 2.45) is 11.7 Å². The molecule has 2 aromatic rings. The molecule has 39 heavy (non-hydrogen) atoms. The molecule has 7 heteroatoms. The lowest BCUT2D eigenvalue weighted by atomic mass is 9.98. The first-order valence-corrected chi connectivity index (χ1v) is 13.2. The maximum atomic E-state index is 12.2. The third kappa shape index (κ3) is 20.1. The number of halogens is 1. The number of nitrogens with two attached hydrogens (primary N) is 1. The lowest BCUT2D eigenvalue weighted by Gasteiger charge is -2.16. The van der Waals surface area contributed by atoms with E-state index in [1.807, 2.05) is 65.0 Å². The minimum Gasteiger partial charge on any atom is -0.503 e. The Labute approximate surface area is 235 Å². The highest BCUT2D eigenvalue weighted by Gasteiger charge is 2.17. The molecule has 0 fully saturated rings. The Bertz CT molecular complexity index is 1000. The predicted octanol–water partition coefficient (Wildman–Crippen LogP) is 6.89. The average Bonchev–Trinajstić information content (AvgIpc) is 2.95. The van der Waals surface area contributed by atoms with E-state index in [0.717, 1.165) is 18.4 Å². The molecule has 218 valence electrons. The number of aliphatic hydroxyl groups excluding tert-OH is 1. The van der Waals surface area contributed by atoms with Crippen molar-refractivity contribution in [1.29, 1.82) is 0 Å². The molecule has 2 aromatic carbocycles. The maximum absolute atomic E-state index is 12.2. The Morgan fingerprint density at radius 2 is 1.38 bits per heavy atom. The van der Waals surface area contributed by atoms with Gasteiger partial charge in [0.25, 0.3) is 5.91 Å². The van der Waals surface area contributed by atoms with E-state index in [2.05, 4.69) is 17.6 Å². The lowest BCUT2D eigenvalue weighted by Crippen LogP contribution is -2.28. The number of Topliss-reactive ketones (excluding diaryl/α,β-unsaturated/α-hetero) is 2. The van der Waals surface area contributed by atoms with Gasteiger partial charge in [-0.1, -0.05) is 83.7 Å². The van der Waals surface area contributed by atoms with Gasteiger partial charge in [-0.15, -0.1) is 0 Å². The van der Waals surface area contributed by atoms with Crippen LogP contribution in [-0.4, -0.2) is 29.6 Å². The van der Waals surface area contributed by atoms with E-state index in [-0.39, 0.29) is 28.9 Å². The van der Waals surface area contributed by atoms with Crippen molar-refractivity contribution >= 4 is 17.5 Å². The van der Waals surface area contributed by atoms with Crippen LogP contribution in [0.3, 0.4) is 0 Å². The number of hydrogen-bond acceptors (Lipinski definition) is 5. The molecular formula is C32H49FN2O4. The van der Waals surface area contributed by atoms with Crippen LogP contribution in [0.25, 0.3) is 0 Å². The first-order valence-electron chi connectivity index (χ1n) is 13.2. The Morgan fingerprint density at radius 1 is 0.923 bits per heavy atom. The number of hydrogen-bond donors (Lipinski definition) is 3. The zero-order valence-electron chi connectivity index (χ0n) is 25.2. The van der Waals surface area contributed by atoms with Gasteiger partial charge in [-0.25, -0.2) is 4.39 Å². The molecule has 0 bridgehead atoms. The fourth-order valence-corrected chi connectivity index (χ4v) is 2.48. The Balaban J connectivity index is -0.000000590. The molecule has 6 nitrogen and oxygen atoms in total. The first-order chi connectivity index (χ1) is 18.4. The number of aryl methyl sites for hydroxylation is 1. The second kappa shape index (κ2) is 24.7. The predicted molar refractivity (Wildman–Crippen MR) is 161 cm³/mol.